The summed E-state index contributed by atoms with van der Waals surface area (Å²) >= 11 is 0. The molecule has 0 aromatic rings. The number of aliphatic carboxylic acids is 1. The van der Waals surface area contributed by atoms with Crippen molar-refractivity contribution >= 4 is 17.9 Å². The zero-order valence-electron chi connectivity index (χ0n) is 39.0. The monoisotopic (exact) mass is 856 g/mol. The van der Waals surface area contributed by atoms with Gasteiger partial charge in [-0.25, -0.2) is 0 Å². The predicted octanol–water partition coefficient (Wildman–Crippen LogP) is 11.6. The number of likely N-dealkylation sites (N-methyl/N-ethyl adjacent to an activating group) is 1. The molecule has 0 fully saturated rings. The summed E-state index contributed by atoms with van der Waals surface area (Å²) in [6.45, 7) is 4.26. The normalized spacial score (nSPS) is 14.3. The van der Waals surface area contributed by atoms with Crippen LogP contribution in [0.2, 0.25) is 0 Å². The Kier molecular flexibility index (Phi) is 39.6. The van der Waals surface area contributed by atoms with Crippen molar-refractivity contribution in [1.29, 1.82) is 0 Å². The molecule has 344 valence electrons. The number of ether oxygens (including phenoxy) is 3. The van der Waals surface area contributed by atoms with Crippen LogP contribution in [-0.2, 0) is 28.6 Å². The summed E-state index contributed by atoms with van der Waals surface area (Å²) in [4.78, 5) is 36.9. The second-order valence-corrected chi connectivity index (χ2v) is 15.6. The molecule has 0 heterocycles. The summed E-state index contributed by atoms with van der Waals surface area (Å²) in [5.41, 5.74) is 0. The van der Waals surface area contributed by atoms with Gasteiger partial charge in [0.2, 0.25) is 0 Å². The summed E-state index contributed by atoms with van der Waals surface area (Å²) in [5, 5.41) is 11.6. The van der Waals surface area contributed by atoms with Gasteiger partial charge in [0.15, 0.2) is 6.10 Å². The number of rotatable bonds is 38. The number of carbonyl (C=O) groups excluding carboxylic acids is 3. The van der Waals surface area contributed by atoms with E-state index in [9.17, 15) is 19.5 Å². The second-order valence-electron chi connectivity index (χ2n) is 15.6. The van der Waals surface area contributed by atoms with E-state index < -0.39 is 24.1 Å². The first-order chi connectivity index (χ1) is 30.1. The van der Waals surface area contributed by atoms with Gasteiger partial charge >= 0.3 is 11.9 Å². The third kappa shape index (κ3) is 40.6. The maximum absolute atomic E-state index is 12.7. The Morgan fingerprint density at radius 1 is 0.500 bits per heavy atom. The predicted molar refractivity (Wildman–Crippen MR) is 258 cm³/mol. The zero-order valence-corrected chi connectivity index (χ0v) is 39.0. The van der Waals surface area contributed by atoms with Crippen LogP contribution in [0.25, 0.3) is 0 Å². The minimum absolute atomic E-state index is 0.00857. The average molecular weight is 856 g/mol. The Morgan fingerprint density at radius 3 is 1.45 bits per heavy atom. The van der Waals surface area contributed by atoms with Gasteiger partial charge in [0.05, 0.1) is 40.3 Å². The molecule has 2 unspecified atom stereocenters. The van der Waals surface area contributed by atoms with Gasteiger partial charge in [-0.1, -0.05) is 166 Å². The Morgan fingerprint density at radius 2 is 0.952 bits per heavy atom. The van der Waals surface area contributed by atoms with E-state index in [1.54, 1.807) is 21.1 Å². The van der Waals surface area contributed by atoms with Crippen LogP contribution >= 0.6 is 0 Å². The molecule has 0 aliphatic carbocycles. The number of quaternary nitrogens is 1. The van der Waals surface area contributed by atoms with Crippen LogP contribution in [0.15, 0.2) is 146 Å². The highest BCUT2D eigenvalue weighted by atomic mass is 16.6. The largest absolute Gasteiger partial charge is 0.544 e. The fourth-order valence-corrected chi connectivity index (χ4v) is 5.61. The lowest BCUT2D eigenvalue weighted by Gasteiger charge is -2.34. The van der Waals surface area contributed by atoms with E-state index in [4.69, 9.17) is 14.2 Å². The molecule has 0 saturated carbocycles. The summed E-state index contributed by atoms with van der Waals surface area (Å²) in [5.74, 6) is -1.89. The van der Waals surface area contributed by atoms with Crippen molar-refractivity contribution in [2.24, 2.45) is 0 Å². The molecule has 0 aliphatic heterocycles. The number of carboxylic acid groups (broad SMARTS) is 1. The first-order valence-corrected chi connectivity index (χ1v) is 22.9. The zero-order chi connectivity index (χ0) is 45.6. The number of hydrogen-bond donors (Lipinski definition) is 0. The molecule has 8 nitrogen and oxygen atoms in total. The minimum Gasteiger partial charge on any atom is -0.544 e. The fraction of sp³-hybridized carbons (Fsp3) is 0.500. The smallest absolute Gasteiger partial charge is 0.306 e. The van der Waals surface area contributed by atoms with Crippen molar-refractivity contribution in [2.45, 2.75) is 135 Å². The fourth-order valence-electron chi connectivity index (χ4n) is 5.61. The van der Waals surface area contributed by atoms with E-state index in [1.807, 2.05) is 48.6 Å². The quantitative estimate of drug-likeness (QED) is 0.0200. The van der Waals surface area contributed by atoms with E-state index in [0.717, 1.165) is 77.0 Å². The third-order valence-corrected chi connectivity index (χ3v) is 9.10. The van der Waals surface area contributed by atoms with Crippen LogP contribution in [0.4, 0.5) is 0 Å². The van der Waals surface area contributed by atoms with E-state index in [1.165, 1.54) is 0 Å². The lowest BCUT2D eigenvalue weighted by Crippen LogP contribution is -2.55. The first kappa shape index (κ1) is 57.2. The number of unbranched alkanes of at least 4 members (excludes halogenated alkanes) is 4. The molecule has 0 aromatic heterocycles. The van der Waals surface area contributed by atoms with E-state index in [-0.39, 0.29) is 49.5 Å². The van der Waals surface area contributed by atoms with Crippen LogP contribution < -0.4 is 5.11 Å². The summed E-state index contributed by atoms with van der Waals surface area (Å²) in [6.07, 6.45) is 63.1. The molecule has 2 atom stereocenters. The number of allylic oxidation sites excluding steroid dienone is 24. The van der Waals surface area contributed by atoms with Gasteiger partial charge in [-0.3, -0.25) is 9.59 Å². The molecule has 0 bridgehead atoms. The van der Waals surface area contributed by atoms with Crippen LogP contribution in [0.3, 0.4) is 0 Å². The van der Waals surface area contributed by atoms with Crippen molar-refractivity contribution in [3.8, 4) is 0 Å². The molecule has 0 saturated heterocycles. The number of esters is 2. The van der Waals surface area contributed by atoms with Crippen LogP contribution in [-0.4, -0.2) is 75.5 Å². The molecule has 0 spiro atoms. The molecule has 0 aliphatic rings. The van der Waals surface area contributed by atoms with Gasteiger partial charge in [0.1, 0.15) is 12.6 Å². The van der Waals surface area contributed by atoms with Crippen molar-refractivity contribution in [3.63, 3.8) is 0 Å². The van der Waals surface area contributed by atoms with Gasteiger partial charge in [0.25, 0.3) is 0 Å². The van der Waals surface area contributed by atoms with Crippen LogP contribution in [0, 0.1) is 0 Å². The van der Waals surface area contributed by atoms with E-state index >= 15 is 0 Å². The second kappa shape index (κ2) is 42.9. The molecular formula is C54H81NO7. The highest BCUT2D eigenvalue weighted by molar-refractivity contribution is 5.70. The van der Waals surface area contributed by atoms with Crippen molar-refractivity contribution in [2.75, 3.05) is 41.0 Å². The molecule has 0 aromatic carbocycles. The topological polar surface area (TPSA) is 102 Å². The SMILES string of the molecule is CC/C=C/C=C/C=C/C=C/C=C/CCCCCC(=O)OCC(COCCC(C(=O)[O-])[N+](C)(C)C)OC(=O)CCC/C=C/C/C=C/C/C=C/C/C=C/C/C=C/C/C=C/C/C=C/CC. The lowest BCUT2D eigenvalue weighted by atomic mass is 10.1. The van der Waals surface area contributed by atoms with Crippen LogP contribution in [0.5, 0.6) is 0 Å². The number of hydrogen-bond acceptors (Lipinski definition) is 7. The molecular weight excluding hydrogens is 775 g/mol. The van der Waals surface area contributed by atoms with Crippen molar-refractivity contribution in [1.82, 2.24) is 0 Å². The molecule has 0 amide bonds. The number of carboxylic acids is 1. The summed E-state index contributed by atoms with van der Waals surface area (Å²) < 4.78 is 17.1. The Labute approximate surface area is 376 Å². The Hall–Kier alpha value is -4.79. The summed E-state index contributed by atoms with van der Waals surface area (Å²) in [7, 11) is 5.35. The van der Waals surface area contributed by atoms with Gasteiger partial charge < -0.3 is 28.6 Å². The highest BCUT2D eigenvalue weighted by Crippen LogP contribution is 2.10. The lowest BCUT2D eigenvalue weighted by molar-refractivity contribution is -0.889. The van der Waals surface area contributed by atoms with E-state index in [0.29, 0.717) is 12.8 Å². The minimum atomic E-state index is -1.15. The van der Waals surface area contributed by atoms with Crippen molar-refractivity contribution < 1.29 is 38.2 Å². The number of nitrogens with zero attached hydrogens (tertiary/aromatic N) is 1. The van der Waals surface area contributed by atoms with Gasteiger partial charge in [0, 0.05) is 19.3 Å². The van der Waals surface area contributed by atoms with Crippen molar-refractivity contribution in [3.05, 3.63) is 146 Å². The maximum atomic E-state index is 12.7. The molecule has 0 rings (SSSR count). The highest BCUT2D eigenvalue weighted by Gasteiger charge is 2.25. The molecule has 0 N–H and O–H groups in total. The molecule has 0 radical (unpaired) electrons. The van der Waals surface area contributed by atoms with Crippen LogP contribution in [0.1, 0.15) is 123 Å². The Bertz CT molecular complexity index is 1510. The van der Waals surface area contributed by atoms with Gasteiger partial charge in [-0.2, -0.15) is 0 Å². The first-order valence-electron chi connectivity index (χ1n) is 22.9. The standard InChI is InChI=1S/C54H81NO7/c1-6-8-10-12-14-16-18-20-22-23-24-25-26-27-28-29-31-33-35-37-39-41-43-45-53(57)62-50(48-60-47-46-51(54(58)59)55(3,4)5)49-61-52(56)44-42-40-38-36-34-32-30-21-19-17-15-13-11-9-7-2/h8-11,13-17,19-22,24-25,27-28,30-34,37,39,50-51H,6-7,12,18,23,26,29,35-36,38,40-49H2,1-5H3/b10-8+,11-9+,15-13+,16-14+,19-17+,22-20+,25-24+,28-27+,30-21+,33-31+,34-32+,39-37+. The maximum Gasteiger partial charge on any atom is 0.306 e. The Balaban J connectivity index is 4.53. The average Bonchev–Trinajstić information content (AvgIpc) is 3.23. The number of carbonyl (C=O) groups is 3. The van der Waals surface area contributed by atoms with Gasteiger partial charge in [-0.15, -0.1) is 0 Å². The van der Waals surface area contributed by atoms with E-state index in [2.05, 4.69) is 111 Å². The molecule has 8 heteroatoms. The molecule has 62 heavy (non-hydrogen) atoms. The summed E-state index contributed by atoms with van der Waals surface area (Å²) in [6, 6.07) is -0.754. The van der Waals surface area contributed by atoms with Gasteiger partial charge in [-0.05, 0) is 83.5 Å². The third-order valence-electron chi connectivity index (χ3n) is 9.10.